The molecule has 0 saturated carbocycles. The van der Waals surface area contributed by atoms with Crippen molar-refractivity contribution in [1.82, 2.24) is 4.90 Å². The number of rotatable bonds is 5. The topological polar surface area (TPSA) is 40.5 Å². The zero-order valence-electron chi connectivity index (χ0n) is 10.9. The van der Waals surface area contributed by atoms with Crippen molar-refractivity contribution in [3.63, 3.8) is 0 Å². The normalized spacial score (nSPS) is 20.2. The summed E-state index contributed by atoms with van der Waals surface area (Å²) in [6.45, 7) is 3.92. The van der Waals surface area contributed by atoms with Crippen molar-refractivity contribution in [2.45, 2.75) is 38.6 Å². The fourth-order valence-electron chi connectivity index (χ4n) is 2.59. The highest BCUT2D eigenvalue weighted by molar-refractivity contribution is 5.73. The van der Waals surface area contributed by atoms with Gasteiger partial charge in [0.2, 0.25) is 0 Å². The predicted molar refractivity (Wildman–Crippen MR) is 71.8 cm³/mol. The Bertz CT molecular complexity index is 399. The average Bonchev–Trinajstić information content (AvgIpc) is 2.85. The molecule has 3 heteroatoms. The molecule has 1 N–H and O–H groups in total. The molecule has 1 aliphatic rings. The van der Waals surface area contributed by atoms with Gasteiger partial charge in [-0.1, -0.05) is 31.2 Å². The standard InChI is InChI=1S/C15H21NO2/c1-2-12-5-7-13(8-6-12)9-11-16-10-3-4-14(16)15(17)18/h5-8,14H,2-4,9-11H2,1H3,(H,17,18). The van der Waals surface area contributed by atoms with Crippen LogP contribution in [-0.2, 0) is 17.6 Å². The Morgan fingerprint density at radius 1 is 1.33 bits per heavy atom. The third-order valence-electron chi connectivity index (χ3n) is 3.77. The molecule has 1 aliphatic heterocycles. The first-order chi connectivity index (χ1) is 8.70. The Morgan fingerprint density at radius 3 is 2.61 bits per heavy atom. The molecule has 18 heavy (non-hydrogen) atoms. The van der Waals surface area contributed by atoms with Crippen LogP contribution in [-0.4, -0.2) is 35.1 Å². The molecular weight excluding hydrogens is 226 g/mol. The Morgan fingerprint density at radius 2 is 2.00 bits per heavy atom. The van der Waals surface area contributed by atoms with Crippen LogP contribution in [0.1, 0.15) is 30.9 Å². The summed E-state index contributed by atoms with van der Waals surface area (Å²) < 4.78 is 0. The molecule has 0 radical (unpaired) electrons. The maximum absolute atomic E-state index is 11.1. The first kappa shape index (κ1) is 13.1. The Hall–Kier alpha value is -1.35. The van der Waals surface area contributed by atoms with Gasteiger partial charge >= 0.3 is 5.97 Å². The quantitative estimate of drug-likeness (QED) is 0.868. The third kappa shape index (κ3) is 3.10. The predicted octanol–water partition coefficient (Wildman–Crippen LogP) is 2.34. The molecule has 1 aromatic carbocycles. The summed E-state index contributed by atoms with van der Waals surface area (Å²) in [4.78, 5) is 13.2. The SMILES string of the molecule is CCc1ccc(CCN2CCCC2C(=O)O)cc1. The molecule has 1 fully saturated rings. The van der Waals surface area contributed by atoms with E-state index >= 15 is 0 Å². The van der Waals surface area contributed by atoms with Gasteiger partial charge in [-0.2, -0.15) is 0 Å². The van der Waals surface area contributed by atoms with E-state index in [1.165, 1.54) is 11.1 Å². The van der Waals surface area contributed by atoms with Crippen molar-refractivity contribution >= 4 is 5.97 Å². The Balaban J connectivity index is 1.88. The number of carbonyl (C=O) groups is 1. The maximum atomic E-state index is 11.1. The van der Waals surface area contributed by atoms with Crippen LogP contribution in [0.2, 0.25) is 0 Å². The number of carboxylic acid groups (broad SMARTS) is 1. The zero-order chi connectivity index (χ0) is 13.0. The van der Waals surface area contributed by atoms with Gasteiger partial charge in [0.15, 0.2) is 0 Å². The minimum atomic E-state index is -0.672. The van der Waals surface area contributed by atoms with E-state index in [4.69, 9.17) is 5.11 Å². The minimum absolute atomic E-state index is 0.264. The van der Waals surface area contributed by atoms with Crippen LogP contribution >= 0.6 is 0 Å². The lowest BCUT2D eigenvalue weighted by atomic mass is 10.1. The number of aliphatic carboxylic acids is 1. The van der Waals surface area contributed by atoms with Gasteiger partial charge in [0.25, 0.3) is 0 Å². The van der Waals surface area contributed by atoms with E-state index in [0.29, 0.717) is 0 Å². The number of likely N-dealkylation sites (tertiary alicyclic amines) is 1. The lowest BCUT2D eigenvalue weighted by molar-refractivity contribution is -0.142. The highest BCUT2D eigenvalue weighted by atomic mass is 16.4. The third-order valence-corrected chi connectivity index (χ3v) is 3.77. The highest BCUT2D eigenvalue weighted by Gasteiger charge is 2.29. The van der Waals surface area contributed by atoms with Crippen LogP contribution in [0, 0.1) is 0 Å². The number of nitrogens with zero attached hydrogens (tertiary/aromatic N) is 1. The molecule has 2 rings (SSSR count). The first-order valence-electron chi connectivity index (χ1n) is 6.75. The summed E-state index contributed by atoms with van der Waals surface area (Å²) in [6.07, 6.45) is 3.80. The van der Waals surface area contributed by atoms with Gasteiger partial charge in [-0.3, -0.25) is 9.69 Å². The number of benzene rings is 1. The monoisotopic (exact) mass is 247 g/mol. The van der Waals surface area contributed by atoms with Crippen LogP contribution in [0.5, 0.6) is 0 Å². The van der Waals surface area contributed by atoms with Crippen LogP contribution < -0.4 is 0 Å². The molecule has 0 spiro atoms. The van der Waals surface area contributed by atoms with Gasteiger partial charge in [0.1, 0.15) is 6.04 Å². The van der Waals surface area contributed by atoms with Crippen molar-refractivity contribution in [2.24, 2.45) is 0 Å². The molecule has 1 unspecified atom stereocenters. The average molecular weight is 247 g/mol. The van der Waals surface area contributed by atoms with E-state index in [0.717, 1.165) is 38.8 Å². The largest absolute Gasteiger partial charge is 0.480 e. The van der Waals surface area contributed by atoms with Gasteiger partial charge in [-0.25, -0.2) is 0 Å². The summed E-state index contributed by atoms with van der Waals surface area (Å²) >= 11 is 0. The summed E-state index contributed by atoms with van der Waals surface area (Å²) in [5.74, 6) is -0.672. The number of aryl methyl sites for hydroxylation is 1. The lowest BCUT2D eigenvalue weighted by Crippen LogP contribution is -2.37. The summed E-state index contributed by atoms with van der Waals surface area (Å²) in [7, 11) is 0. The molecule has 3 nitrogen and oxygen atoms in total. The van der Waals surface area contributed by atoms with Crippen molar-refractivity contribution in [3.8, 4) is 0 Å². The van der Waals surface area contributed by atoms with Gasteiger partial charge in [0.05, 0.1) is 0 Å². The second kappa shape index (κ2) is 6.01. The molecule has 1 atom stereocenters. The van der Waals surface area contributed by atoms with Crippen LogP contribution in [0.3, 0.4) is 0 Å². The van der Waals surface area contributed by atoms with Gasteiger partial charge in [-0.05, 0) is 43.4 Å². The van der Waals surface area contributed by atoms with E-state index in [9.17, 15) is 4.79 Å². The first-order valence-corrected chi connectivity index (χ1v) is 6.75. The number of hydrogen-bond acceptors (Lipinski definition) is 2. The smallest absolute Gasteiger partial charge is 0.320 e. The maximum Gasteiger partial charge on any atom is 0.320 e. The van der Waals surface area contributed by atoms with Gasteiger partial charge < -0.3 is 5.11 Å². The van der Waals surface area contributed by atoms with Crippen molar-refractivity contribution in [2.75, 3.05) is 13.1 Å². The van der Waals surface area contributed by atoms with Crippen molar-refractivity contribution in [3.05, 3.63) is 35.4 Å². The molecule has 1 heterocycles. The van der Waals surface area contributed by atoms with E-state index in [1.54, 1.807) is 0 Å². The fraction of sp³-hybridized carbons (Fsp3) is 0.533. The summed E-state index contributed by atoms with van der Waals surface area (Å²) in [6, 6.07) is 8.37. The van der Waals surface area contributed by atoms with E-state index < -0.39 is 5.97 Å². The molecule has 0 amide bonds. The van der Waals surface area contributed by atoms with Gasteiger partial charge in [-0.15, -0.1) is 0 Å². The highest BCUT2D eigenvalue weighted by Crippen LogP contribution is 2.18. The molecule has 0 aliphatic carbocycles. The van der Waals surface area contributed by atoms with E-state index in [2.05, 4.69) is 36.1 Å². The Kier molecular flexibility index (Phi) is 4.37. The molecule has 0 bridgehead atoms. The van der Waals surface area contributed by atoms with Crippen molar-refractivity contribution in [1.29, 1.82) is 0 Å². The minimum Gasteiger partial charge on any atom is -0.480 e. The number of carboxylic acids is 1. The fourth-order valence-corrected chi connectivity index (χ4v) is 2.59. The van der Waals surface area contributed by atoms with Crippen LogP contribution in [0.15, 0.2) is 24.3 Å². The summed E-state index contributed by atoms with van der Waals surface area (Å²) in [5.41, 5.74) is 2.64. The second-order valence-corrected chi connectivity index (χ2v) is 4.95. The molecular formula is C15H21NO2. The second-order valence-electron chi connectivity index (χ2n) is 4.95. The van der Waals surface area contributed by atoms with E-state index in [-0.39, 0.29) is 6.04 Å². The Labute approximate surface area is 108 Å². The molecule has 0 aromatic heterocycles. The molecule has 1 aromatic rings. The van der Waals surface area contributed by atoms with Gasteiger partial charge in [0, 0.05) is 6.54 Å². The van der Waals surface area contributed by atoms with Crippen LogP contribution in [0.25, 0.3) is 0 Å². The lowest BCUT2D eigenvalue weighted by Gasteiger charge is -2.20. The van der Waals surface area contributed by atoms with E-state index in [1.807, 2.05) is 0 Å². The molecule has 1 saturated heterocycles. The zero-order valence-corrected chi connectivity index (χ0v) is 10.9. The molecule has 98 valence electrons. The van der Waals surface area contributed by atoms with Crippen LogP contribution in [0.4, 0.5) is 0 Å². The van der Waals surface area contributed by atoms with Crippen molar-refractivity contribution < 1.29 is 9.90 Å². The number of hydrogen-bond donors (Lipinski definition) is 1. The summed E-state index contributed by atoms with van der Waals surface area (Å²) in [5, 5.41) is 9.11.